The number of carbonyl (C=O) groups excluding carboxylic acids is 1. The van der Waals surface area contributed by atoms with Crippen LogP contribution in [0.3, 0.4) is 0 Å². The number of aromatic nitrogens is 2. The minimum absolute atomic E-state index is 0.118. The molecule has 96 valence electrons. The molecule has 0 aliphatic rings. The Kier molecular flexibility index (Phi) is 2.77. The van der Waals surface area contributed by atoms with E-state index < -0.39 is 0 Å². The summed E-state index contributed by atoms with van der Waals surface area (Å²) in [4.78, 5) is 15.8. The van der Waals surface area contributed by atoms with E-state index in [1.54, 1.807) is 6.07 Å². The number of amides is 1. The minimum Gasteiger partial charge on any atom is -0.397 e. The van der Waals surface area contributed by atoms with Crippen molar-refractivity contribution >= 4 is 22.6 Å². The van der Waals surface area contributed by atoms with Gasteiger partial charge in [0.15, 0.2) is 0 Å². The number of primary amides is 1. The van der Waals surface area contributed by atoms with Crippen LogP contribution < -0.4 is 11.5 Å². The molecule has 0 fully saturated rings. The van der Waals surface area contributed by atoms with E-state index in [9.17, 15) is 4.79 Å². The first kappa shape index (κ1) is 12.4. The van der Waals surface area contributed by atoms with Crippen LogP contribution in [0.4, 0.5) is 5.69 Å². The Morgan fingerprint density at radius 3 is 2.61 bits per heavy atom. The van der Waals surface area contributed by atoms with Crippen LogP contribution >= 0.6 is 0 Å². The molecule has 5 nitrogen and oxygen atoms in total. The molecule has 2 aromatic rings. The first-order chi connectivity index (χ1) is 8.30. The topological polar surface area (TPSA) is 86.9 Å². The van der Waals surface area contributed by atoms with E-state index in [1.165, 1.54) is 0 Å². The van der Waals surface area contributed by atoms with Crippen molar-refractivity contribution in [1.29, 1.82) is 0 Å². The van der Waals surface area contributed by atoms with Gasteiger partial charge in [0, 0.05) is 5.41 Å². The number of imidazole rings is 1. The van der Waals surface area contributed by atoms with E-state index in [1.807, 2.05) is 37.5 Å². The van der Waals surface area contributed by atoms with Gasteiger partial charge in [0.1, 0.15) is 17.9 Å². The van der Waals surface area contributed by atoms with Gasteiger partial charge in [0.05, 0.1) is 11.2 Å². The lowest BCUT2D eigenvalue weighted by Gasteiger charge is -2.19. The zero-order valence-electron chi connectivity index (χ0n) is 10.9. The van der Waals surface area contributed by atoms with E-state index in [2.05, 4.69) is 4.98 Å². The molecule has 0 unspecified atom stereocenters. The molecule has 0 aliphatic carbocycles. The van der Waals surface area contributed by atoms with Crippen molar-refractivity contribution in [3.8, 4) is 0 Å². The van der Waals surface area contributed by atoms with Crippen molar-refractivity contribution in [3.05, 3.63) is 24.0 Å². The van der Waals surface area contributed by atoms with Crippen molar-refractivity contribution in [1.82, 2.24) is 9.55 Å². The van der Waals surface area contributed by atoms with Gasteiger partial charge in [-0.05, 0) is 12.1 Å². The fourth-order valence-corrected chi connectivity index (χ4v) is 2.06. The second-order valence-electron chi connectivity index (χ2n) is 5.45. The van der Waals surface area contributed by atoms with Crippen LogP contribution in [0.25, 0.3) is 11.0 Å². The first-order valence-electron chi connectivity index (χ1n) is 5.84. The van der Waals surface area contributed by atoms with Gasteiger partial charge in [-0.3, -0.25) is 4.79 Å². The summed E-state index contributed by atoms with van der Waals surface area (Å²) in [5, 5.41) is 0. The van der Waals surface area contributed by atoms with Gasteiger partial charge >= 0.3 is 0 Å². The fourth-order valence-electron chi connectivity index (χ4n) is 2.06. The molecule has 1 amide bonds. The maximum absolute atomic E-state index is 11.2. The summed E-state index contributed by atoms with van der Waals surface area (Å²) in [6.07, 6.45) is 0. The Labute approximate surface area is 106 Å². The van der Waals surface area contributed by atoms with Crippen LogP contribution in [0.2, 0.25) is 0 Å². The highest BCUT2D eigenvalue weighted by molar-refractivity contribution is 5.89. The average Bonchev–Trinajstić information content (AvgIpc) is 2.57. The molecule has 1 aromatic carbocycles. The van der Waals surface area contributed by atoms with Crippen LogP contribution in [-0.2, 0) is 16.8 Å². The van der Waals surface area contributed by atoms with E-state index in [4.69, 9.17) is 11.5 Å². The Bertz CT molecular complexity index is 607. The monoisotopic (exact) mass is 246 g/mol. The maximum Gasteiger partial charge on any atom is 0.237 e. The van der Waals surface area contributed by atoms with E-state index in [0.29, 0.717) is 5.69 Å². The van der Waals surface area contributed by atoms with E-state index in [-0.39, 0.29) is 17.9 Å². The lowest BCUT2D eigenvalue weighted by molar-refractivity contribution is -0.118. The summed E-state index contributed by atoms with van der Waals surface area (Å²) in [5.41, 5.74) is 13.2. The molecule has 0 radical (unpaired) electrons. The molecule has 5 heteroatoms. The first-order valence-corrected chi connectivity index (χ1v) is 5.84. The van der Waals surface area contributed by atoms with E-state index >= 15 is 0 Å². The third-order valence-corrected chi connectivity index (χ3v) is 2.79. The number of rotatable bonds is 2. The summed E-state index contributed by atoms with van der Waals surface area (Å²) in [6, 6.07) is 5.55. The van der Waals surface area contributed by atoms with Gasteiger partial charge in [0.2, 0.25) is 5.91 Å². The second kappa shape index (κ2) is 4.01. The Hall–Kier alpha value is -2.04. The van der Waals surface area contributed by atoms with Gasteiger partial charge in [-0.25, -0.2) is 4.98 Å². The Morgan fingerprint density at radius 1 is 1.39 bits per heavy atom. The largest absolute Gasteiger partial charge is 0.397 e. The molecule has 0 bridgehead atoms. The predicted octanol–water partition coefficient (Wildman–Crippen LogP) is 1.40. The molecular weight excluding hydrogens is 228 g/mol. The number of fused-ring (bicyclic) bond motifs is 1. The van der Waals surface area contributed by atoms with Crippen LogP contribution in [-0.4, -0.2) is 15.5 Å². The summed E-state index contributed by atoms with van der Waals surface area (Å²) in [6.45, 7) is 6.25. The van der Waals surface area contributed by atoms with Gasteiger partial charge in [-0.1, -0.05) is 26.8 Å². The van der Waals surface area contributed by atoms with Gasteiger partial charge < -0.3 is 16.0 Å². The minimum atomic E-state index is -0.387. The maximum atomic E-state index is 11.2. The summed E-state index contributed by atoms with van der Waals surface area (Å²) >= 11 is 0. The molecular formula is C13H18N4O. The zero-order chi connectivity index (χ0) is 13.5. The molecule has 0 saturated heterocycles. The number of carbonyl (C=O) groups is 1. The molecule has 0 aliphatic heterocycles. The number of nitrogens with zero attached hydrogens (tertiary/aromatic N) is 2. The predicted molar refractivity (Wildman–Crippen MR) is 72.0 cm³/mol. The van der Waals surface area contributed by atoms with Gasteiger partial charge in [-0.15, -0.1) is 0 Å². The van der Waals surface area contributed by atoms with Crippen molar-refractivity contribution in [2.45, 2.75) is 32.7 Å². The number of benzene rings is 1. The lowest BCUT2D eigenvalue weighted by atomic mass is 9.95. The van der Waals surface area contributed by atoms with Crippen LogP contribution in [0.15, 0.2) is 18.2 Å². The fraction of sp³-hybridized carbons (Fsp3) is 0.385. The average molecular weight is 246 g/mol. The highest BCUT2D eigenvalue weighted by Gasteiger charge is 2.24. The molecule has 1 heterocycles. The molecule has 2 rings (SSSR count). The van der Waals surface area contributed by atoms with Gasteiger partial charge in [0.25, 0.3) is 0 Å². The number of anilines is 1. The van der Waals surface area contributed by atoms with Gasteiger partial charge in [-0.2, -0.15) is 0 Å². The highest BCUT2D eigenvalue weighted by Crippen LogP contribution is 2.28. The quantitative estimate of drug-likeness (QED) is 0.785. The normalized spacial score (nSPS) is 11.9. The van der Waals surface area contributed by atoms with Crippen molar-refractivity contribution < 1.29 is 4.79 Å². The SMILES string of the molecule is CC(C)(C)c1nc2c(N)cccc2n1CC(N)=O. The molecule has 0 atom stereocenters. The molecule has 4 N–H and O–H groups in total. The molecule has 1 aromatic heterocycles. The standard InChI is InChI=1S/C13H18N4O/c1-13(2,3)12-16-11-8(14)5-4-6-9(11)17(12)7-10(15)18/h4-6H,7,14H2,1-3H3,(H2,15,18). The van der Waals surface area contributed by atoms with Crippen LogP contribution in [0.5, 0.6) is 0 Å². The lowest BCUT2D eigenvalue weighted by Crippen LogP contribution is -2.25. The van der Waals surface area contributed by atoms with Crippen molar-refractivity contribution in [2.75, 3.05) is 5.73 Å². The zero-order valence-corrected chi connectivity index (χ0v) is 10.9. The third kappa shape index (κ3) is 2.03. The van der Waals surface area contributed by atoms with Crippen molar-refractivity contribution in [2.24, 2.45) is 5.73 Å². The number of para-hydroxylation sites is 1. The molecule has 0 saturated carbocycles. The smallest absolute Gasteiger partial charge is 0.237 e. The Balaban J connectivity index is 2.76. The number of hydrogen-bond donors (Lipinski definition) is 2. The highest BCUT2D eigenvalue weighted by atomic mass is 16.1. The molecule has 18 heavy (non-hydrogen) atoms. The number of nitrogen functional groups attached to an aromatic ring is 1. The third-order valence-electron chi connectivity index (χ3n) is 2.79. The van der Waals surface area contributed by atoms with E-state index in [0.717, 1.165) is 16.9 Å². The number of hydrogen-bond acceptors (Lipinski definition) is 3. The summed E-state index contributed by atoms with van der Waals surface area (Å²) < 4.78 is 1.84. The summed E-state index contributed by atoms with van der Waals surface area (Å²) in [5.74, 6) is 0.427. The Morgan fingerprint density at radius 2 is 2.06 bits per heavy atom. The van der Waals surface area contributed by atoms with Crippen molar-refractivity contribution in [3.63, 3.8) is 0 Å². The second-order valence-corrected chi connectivity index (χ2v) is 5.45. The number of nitrogens with two attached hydrogens (primary N) is 2. The van der Waals surface area contributed by atoms with Crippen LogP contribution in [0, 0.1) is 0 Å². The van der Waals surface area contributed by atoms with Crippen LogP contribution in [0.1, 0.15) is 26.6 Å². The summed E-state index contributed by atoms with van der Waals surface area (Å²) in [7, 11) is 0. The molecule has 0 spiro atoms.